The molecule has 1 fully saturated rings. The topological polar surface area (TPSA) is 46.6 Å². The van der Waals surface area contributed by atoms with E-state index in [2.05, 4.69) is 0 Å². The molecule has 0 aromatic heterocycles. The SMILES string of the molecule is CCOC(=O)C1CSCN1[C]=O. The maximum absolute atomic E-state index is 11.2. The van der Waals surface area contributed by atoms with E-state index in [4.69, 9.17) is 4.74 Å². The van der Waals surface area contributed by atoms with Crippen LogP contribution in [0.5, 0.6) is 0 Å². The summed E-state index contributed by atoms with van der Waals surface area (Å²) in [6.07, 6.45) is 1.71. The lowest BCUT2D eigenvalue weighted by Gasteiger charge is -2.15. The molecular weight excluding hydrogens is 178 g/mol. The highest BCUT2D eigenvalue weighted by Crippen LogP contribution is 2.19. The van der Waals surface area contributed by atoms with Gasteiger partial charge in [-0.2, -0.15) is 0 Å². The van der Waals surface area contributed by atoms with Crippen LogP contribution in [-0.2, 0) is 14.3 Å². The summed E-state index contributed by atoms with van der Waals surface area (Å²) in [7, 11) is 0. The lowest BCUT2D eigenvalue weighted by atomic mass is 10.3. The van der Waals surface area contributed by atoms with Gasteiger partial charge in [0.25, 0.3) is 0 Å². The molecule has 0 spiro atoms. The van der Waals surface area contributed by atoms with Crippen molar-refractivity contribution in [3.05, 3.63) is 0 Å². The molecule has 1 amide bonds. The first-order chi connectivity index (χ1) is 5.79. The number of ether oxygens (including phenoxy) is 1. The molecule has 1 aliphatic rings. The number of carbonyl (C=O) groups is 1. The molecule has 1 heterocycles. The number of esters is 1. The Morgan fingerprint density at radius 3 is 3.17 bits per heavy atom. The Labute approximate surface area is 75.2 Å². The van der Waals surface area contributed by atoms with Gasteiger partial charge in [0.2, 0.25) is 0 Å². The molecule has 1 radical (unpaired) electrons. The minimum Gasteiger partial charge on any atom is -0.464 e. The van der Waals surface area contributed by atoms with Crippen LogP contribution < -0.4 is 0 Å². The molecule has 0 bridgehead atoms. The third kappa shape index (κ3) is 1.91. The summed E-state index contributed by atoms with van der Waals surface area (Å²) in [6.45, 7) is 2.10. The van der Waals surface area contributed by atoms with E-state index in [1.54, 1.807) is 13.3 Å². The van der Waals surface area contributed by atoms with Gasteiger partial charge in [0.1, 0.15) is 6.04 Å². The van der Waals surface area contributed by atoms with E-state index in [0.717, 1.165) is 0 Å². The maximum Gasteiger partial charge on any atom is 0.329 e. The third-order valence-corrected chi connectivity index (χ3v) is 2.57. The molecule has 12 heavy (non-hydrogen) atoms. The van der Waals surface area contributed by atoms with Crippen LogP contribution in [0, 0.1) is 0 Å². The Balaban J connectivity index is 2.49. The quantitative estimate of drug-likeness (QED) is 0.584. The minimum atomic E-state index is -0.424. The first kappa shape index (κ1) is 9.38. The van der Waals surface area contributed by atoms with Crippen molar-refractivity contribution in [1.29, 1.82) is 0 Å². The highest BCUT2D eigenvalue weighted by molar-refractivity contribution is 7.99. The van der Waals surface area contributed by atoms with Crippen molar-refractivity contribution < 1.29 is 14.3 Å². The number of carbonyl (C=O) groups excluding carboxylic acids is 2. The van der Waals surface area contributed by atoms with Gasteiger partial charge in [-0.15, -0.1) is 11.8 Å². The predicted octanol–water partition coefficient (Wildman–Crippen LogP) is -0.00840. The van der Waals surface area contributed by atoms with Crippen LogP contribution in [0.4, 0.5) is 0 Å². The fraction of sp³-hybridized carbons (Fsp3) is 0.714. The van der Waals surface area contributed by atoms with Gasteiger partial charge in [-0.05, 0) is 6.92 Å². The monoisotopic (exact) mass is 188 g/mol. The number of nitrogens with zero attached hydrogens (tertiary/aromatic N) is 1. The zero-order valence-corrected chi connectivity index (χ0v) is 7.60. The number of thioether (sulfide) groups is 1. The number of rotatable bonds is 3. The summed E-state index contributed by atoms with van der Waals surface area (Å²) in [4.78, 5) is 22.8. The second-order valence-corrected chi connectivity index (χ2v) is 3.33. The van der Waals surface area contributed by atoms with E-state index in [1.165, 1.54) is 16.7 Å². The molecule has 0 aromatic rings. The maximum atomic E-state index is 11.2. The lowest BCUT2D eigenvalue weighted by molar-refractivity contribution is -0.146. The van der Waals surface area contributed by atoms with Crippen molar-refractivity contribution in [3.63, 3.8) is 0 Å². The zero-order chi connectivity index (χ0) is 8.97. The molecule has 1 atom stereocenters. The standard InChI is InChI=1S/C7H10NO3S/c1-2-11-7(10)6-3-12-5-8(6)4-9/h6H,2-3,5H2,1H3. The van der Waals surface area contributed by atoms with Crippen molar-refractivity contribution in [1.82, 2.24) is 4.90 Å². The Bertz CT molecular complexity index is 185. The molecule has 5 heteroatoms. The van der Waals surface area contributed by atoms with Crippen LogP contribution in [0.15, 0.2) is 0 Å². The highest BCUT2D eigenvalue weighted by Gasteiger charge is 2.31. The van der Waals surface area contributed by atoms with Crippen molar-refractivity contribution in [2.45, 2.75) is 13.0 Å². The zero-order valence-electron chi connectivity index (χ0n) is 6.78. The van der Waals surface area contributed by atoms with Crippen molar-refractivity contribution >= 4 is 24.1 Å². The van der Waals surface area contributed by atoms with E-state index >= 15 is 0 Å². The smallest absolute Gasteiger partial charge is 0.329 e. The molecular formula is C7H10NO3S. The van der Waals surface area contributed by atoms with Crippen LogP contribution in [0.25, 0.3) is 0 Å². The molecule has 4 nitrogen and oxygen atoms in total. The largest absolute Gasteiger partial charge is 0.464 e. The summed E-state index contributed by atoms with van der Waals surface area (Å²) in [5.41, 5.74) is 0. The number of hydrogen-bond acceptors (Lipinski definition) is 4. The van der Waals surface area contributed by atoms with E-state index in [9.17, 15) is 9.59 Å². The summed E-state index contributed by atoms with van der Waals surface area (Å²) >= 11 is 1.53. The fourth-order valence-corrected chi connectivity index (χ4v) is 2.04. The molecule has 0 aromatic carbocycles. The van der Waals surface area contributed by atoms with Gasteiger partial charge in [0.05, 0.1) is 12.5 Å². The van der Waals surface area contributed by atoms with Crippen molar-refractivity contribution in [2.75, 3.05) is 18.2 Å². The summed E-state index contributed by atoms with van der Waals surface area (Å²) in [6, 6.07) is -0.424. The molecule has 0 aliphatic carbocycles. The average molecular weight is 188 g/mol. The normalized spacial score (nSPS) is 22.4. The summed E-state index contributed by atoms with van der Waals surface area (Å²) in [5, 5.41) is 0. The van der Waals surface area contributed by atoms with Gasteiger partial charge < -0.3 is 9.64 Å². The molecule has 67 valence electrons. The second-order valence-electron chi connectivity index (χ2n) is 2.33. The summed E-state index contributed by atoms with van der Waals surface area (Å²) in [5.74, 6) is 0.826. The van der Waals surface area contributed by atoms with Crippen molar-refractivity contribution in [3.8, 4) is 0 Å². The molecule has 1 aliphatic heterocycles. The van der Waals surface area contributed by atoms with E-state index in [-0.39, 0.29) is 5.97 Å². The van der Waals surface area contributed by atoms with Gasteiger partial charge in [0.15, 0.2) is 0 Å². The molecule has 0 N–H and O–H groups in total. The second kappa shape index (κ2) is 4.35. The number of hydrogen-bond donors (Lipinski definition) is 0. The number of amides is 1. The van der Waals surface area contributed by atoms with Gasteiger partial charge in [-0.1, -0.05) is 0 Å². The van der Waals surface area contributed by atoms with Gasteiger partial charge in [-0.25, -0.2) is 4.79 Å². The Hall–Kier alpha value is -0.710. The van der Waals surface area contributed by atoms with Gasteiger partial charge >= 0.3 is 12.4 Å². The molecule has 0 saturated carbocycles. The van der Waals surface area contributed by atoms with Gasteiger partial charge in [-0.3, -0.25) is 4.79 Å². The summed E-state index contributed by atoms with van der Waals surface area (Å²) < 4.78 is 4.79. The minimum absolute atomic E-state index is 0.328. The fourth-order valence-electron chi connectivity index (χ4n) is 0.966. The Kier molecular flexibility index (Phi) is 3.40. The first-order valence-corrected chi connectivity index (χ1v) is 4.84. The highest BCUT2D eigenvalue weighted by atomic mass is 32.2. The van der Waals surface area contributed by atoms with Crippen molar-refractivity contribution in [2.24, 2.45) is 0 Å². The Morgan fingerprint density at radius 2 is 2.58 bits per heavy atom. The van der Waals surface area contributed by atoms with E-state index in [1.807, 2.05) is 0 Å². The first-order valence-electron chi connectivity index (χ1n) is 3.68. The Morgan fingerprint density at radius 1 is 1.83 bits per heavy atom. The lowest BCUT2D eigenvalue weighted by Crippen LogP contribution is -2.37. The van der Waals surface area contributed by atoms with Crippen LogP contribution in [-0.4, -0.2) is 41.6 Å². The van der Waals surface area contributed by atoms with Crippen LogP contribution in [0.3, 0.4) is 0 Å². The third-order valence-electron chi connectivity index (χ3n) is 1.56. The molecule has 1 unspecified atom stereocenters. The van der Waals surface area contributed by atoms with Crippen LogP contribution in [0.2, 0.25) is 0 Å². The molecule has 1 rings (SSSR count). The average Bonchev–Trinajstić information content (AvgIpc) is 2.51. The van der Waals surface area contributed by atoms with Crippen LogP contribution >= 0.6 is 11.8 Å². The van der Waals surface area contributed by atoms with E-state index in [0.29, 0.717) is 18.2 Å². The molecule has 1 saturated heterocycles. The predicted molar refractivity (Wildman–Crippen MR) is 45.3 cm³/mol. The van der Waals surface area contributed by atoms with Crippen LogP contribution in [0.1, 0.15) is 6.92 Å². The van der Waals surface area contributed by atoms with Gasteiger partial charge in [0, 0.05) is 5.75 Å². The van der Waals surface area contributed by atoms with E-state index < -0.39 is 6.04 Å².